The van der Waals surface area contributed by atoms with Crippen LogP contribution in [-0.4, -0.2) is 36.2 Å². The van der Waals surface area contributed by atoms with Crippen molar-refractivity contribution in [3.63, 3.8) is 0 Å². The van der Waals surface area contributed by atoms with Gasteiger partial charge in [0.05, 0.1) is 0 Å². The van der Waals surface area contributed by atoms with E-state index in [1.54, 1.807) is 27.7 Å². The van der Waals surface area contributed by atoms with Crippen LogP contribution in [0.4, 0.5) is 10.5 Å². The molecule has 2 rings (SSSR count). The van der Waals surface area contributed by atoms with Gasteiger partial charge in [-0.15, -0.1) is 0 Å². The molecule has 1 aromatic carbocycles. The molecule has 1 aliphatic carbocycles. The molecule has 1 aliphatic rings. The van der Waals surface area contributed by atoms with E-state index in [2.05, 4.69) is 10.6 Å². The molecule has 1 atom stereocenters. The molecule has 7 nitrogen and oxygen atoms in total. The van der Waals surface area contributed by atoms with E-state index >= 15 is 0 Å². The first-order chi connectivity index (χ1) is 13.1. The van der Waals surface area contributed by atoms with Crippen molar-refractivity contribution in [2.24, 2.45) is 0 Å². The number of rotatable bonds is 7. The number of nitrogens with one attached hydrogen (secondary N) is 2. The Morgan fingerprint density at radius 1 is 1.14 bits per heavy atom. The third-order valence-corrected chi connectivity index (χ3v) is 4.27. The van der Waals surface area contributed by atoms with Gasteiger partial charge in [-0.25, -0.2) is 4.79 Å². The maximum absolute atomic E-state index is 12.2. The lowest BCUT2D eigenvalue weighted by molar-refractivity contribution is -0.153. The third kappa shape index (κ3) is 7.21. The topological polar surface area (TPSA) is 93.7 Å². The van der Waals surface area contributed by atoms with Crippen molar-refractivity contribution in [1.82, 2.24) is 5.32 Å². The average Bonchev–Trinajstić information content (AvgIpc) is 3.04. The number of anilines is 1. The van der Waals surface area contributed by atoms with Crippen LogP contribution in [0.1, 0.15) is 58.1 Å². The van der Waals surface area contributed by atoms with Gasteiger partial charge in [-0.2, -0.15) is 0 Å². The van der Waals surface area contributed by atoms with Crippen LogP contribution in [0, 0.1) is 0 Å². The van der Waals surface area contributed by atoms with Gasteiger partial charge in [0.25, 0.3) is 5.91 Å². The van der Waals surface area contributed by atoms with Crippen LogP contribution in [0.5, 0.6) is 0 Å². The molecule has 0 aromatic heterocycles. The maximum atomic E-state index is 12.2. The van der Waals surface area contributed by atoms with Crippen molar-refractivity contribution >= 4 is 23.7 Å². The van der Waals surface area contributed by atoms with E-state index < -0.39 is 23.8 Å². The number of esters is 1. The minimum Gasteiger partial charge on any atom is -0.453 e. The summed E-state index contributed by atoms with van der Waals surface area (Å²) < 4.78 is 10.3. The summed E-state index contributed by atoms with van der Waals surface area (Å²) in [4.78, 5) is 35.6. The molecule has 0 saturated carbocycles. The van der Waals surface area contributed by atoms with Crippen molar-refractivity contribution in [1.29, 1.82) is 0 Å². The highest BCUT2D eigenvalue weighted by Crippen LogP contribution is 2.25. The van der Waals surface area contributed by atoms with Gasteiger partial charge in [0.1, 0.15) is 5.60 Å². The zero-order chi connectivity index (χ0) is 20.7. The van der Waals surface area contributed by atoms with Gasteiger partial charge in [-0.1, -0.05) is 6.07 Å². The standard InChI is InChI=1S/C21H30N2O5/c1-14(19(25)23-17-11-10-15-7-5-8-16(15)13-17)27-18(24)9-6-12-22-20(26)28-21(2,3)4/h10-11,13-14H,5-9,12H2,1-4H3,(H,22,26)(H,23,25)/t14-/m1/s1. The molecular formula is C21H30N2O5. The molecule has 0 aliphatic heterocycles. The van der Waals surface area contributed by atoms with Crippen LogP contribution in [0.3, 0.4) is 0 Å². The Hall–Kier alpha value is -2.57. The molecule has 0 fully saturated rings. The predicted octanol–water partition coefficient (Wildman–Crippen LogP) is 3.35. The summed E-state index contributed by atoms with van der Waals surface area (Å²) in [6.07, 6.45) is 2.34. The second kappa shape index (κ2) is 9.57. The molecular weight excluding hydrogens is 360 g/mol. The molecule has 28 heavy (non-hydrogen) atoms. The number of fused-ring (bicyclic) bond motifs is 1. The number of amides is 2. The minimum atomic E-state index is -0.889. The fourth-order valence-corrected chi connectivity index (χ4v) is 2.94. The SMILES string of the molecule is C[C@@H](OC(=O)CCCNC(=O)OC(C)(C)C)C(=O)Nc1ccc2c(c1)CCC2. The minimum absolute atomic E-state index is 0.103. The number of hydrogen-bond donors (Lipinski definition) is 2. The van der Waals surface area contributed by atoms with Gasteiger partial charge in [0.2, 0.25) is 0 Å². The van der Waals surface area contributed by atoms with Gasteiger partial charge >= 0.3 is 12.1 Å². The summed E-state index contributed by atoms with van der Waals surface area (Å²) in [5.41, 5.74) is 2.75. The monoisotopic (exact) mass is 390 g/mol. The van der Waals surface area contributed by atoms with Crippen LogP contribution in [0.15, 0.2) is 18.2 Å². The van der Waals surface area contributed by atoms with E-state index in [0.717, 1.165) is 24.9 Å². The number of hydrogen-bond acceptors (Lipinski definition) is 5. The van der Waals surface area contributed by atoms with Crippen LogP contribution in [0.25, 0.3) is 0 Å². The van der Waals surface area contributed by atoms with Gasteiger partial charge in [-0.3, -0.25) is 9.59 Å². The van der Waals surface area contributed by atoms with E-state index in [4.69, 9.17) is 9.47 Å². The number of ether oxygens (including phenoxy) is 2. The Morgan fingerprint density at radius 3 is 2.57 bits per heavy atom. The molecule has 0 saturated heterocycles. The Balaban J connectivity index is 1.67. The van der Waals surface area contributed by atoms with Gasteiger partial charge in [0.15, 0.2) is 6.10 Å². The van der Waals surface area contributed by atoms with E-state index in [-0.39, 0.29) is 12.3 Å². The highest BCUT2D eigenvalue weighted by atomic mass is 16.6. The Bertz CT molecular complexity index is 724. The highest BCUT2D eigenvalue weighted by Gasteiger charge is 2.19. The Labute approximate surface area is 166 Å². The average molecular weight is 390 g/mol. The first-order valence-corrected chi connectivity index (χ1v) is 9.73. The molecule has 0 bridgehead atoms. The van der Waals surface area contributed by atoms with Crippen molar-refractivity contribution in [2.45, 2.75) is 71.5 Å². The third-order valence-electron chi connectivity index (χ3n) is 4.27. The molecule has 2 amide bonds. The summed E-state index contributed by atoms with van der Waals surface area (Å²) in [6.45, 7) is 7.16. The van der Waals surface area contributed by atoms with Crippen LogP contribution < -0.4 is 10.6 Å². The zero-order valence-corrected chi connectivity index (χ0v) is 17.1. The van der Waals surface area contributed by atoms with Crippen molar-refractivity contribution in [2.75, 3.05) is 11.9 Å². The van der Waals surface area contributed by atoms with Crippen LogP contribution in [-0.2, 0) is 31.9 Å². The smallest absolute Gasteiger partial charge is 0.407 e. The number of carbonyl (C=O) groups excluding carboxylic acids is 3. The molecule has 0 heterocycles. The first kappa shape index (κ1) is 21.7. The summed E-state index contributed by atoms with van der Waals surface area (Å²) >= 11 is 0. The number of carbonyl (C=O) groups is 3. The summed E-state index contributed by atoms with van der Waals surface area (Å²) in [5.74, 6) is -0.847. The van der Waals surface area contributed by atoms with E-state index in [1.807, 2.05) is 18.2 Å². The second-order valence-corrected chi connectivity index (χ2v) is 7.99. The Kier molecular flexibility index (Phi) is 7.43. The maximum Gasteiger partial charge on any atom is 0.407 e. The predicted molar refractivity (Wildman–Crippen MR) is 106 cm³/mol. The van der Waals surface area contributed by atoms with E-state index in [0.29, 0.717) is 13.0 Å². The molecule has 0 spiro atoms. The van der Waals surface area contributed by atoms with Crippen LogP contribution in [0.2, 0.25) is 0 Å². The van der Waals surface area contributed by atoms with Crippen molar-refractivity contribution in [3.05, 3.63) is 29.3 Å². The van der Waals surface area contributed by atoms with E-state index in [1.165, 1.54) is 11.1 Å². The quantitative estimate of drug-likeness (QED) is 0.550. The van der Waals surface area contributed by atoms with Gasteiger partial charge in [-0.05, 0) is 76.6 Å². The second-order valence-electron chi connectivity index (χ2n) is 7.99. The number of alkyl carbamates (subject to hydrolysis) is 1. The molecule has 1 aromatic rings. The van der Waals surface area contributed by atoms with E-state index in [9.17, 15) is 14.4 Å². The lowest BCUT2D eigenvalue weighted by Crippen LogP contribution is -2.33. The lowest BCUT2D eigenvalue weighted by atomic mass is 10.1. The largest absolute Gasteiger partial charge is 0.453 e. The fraction of sp³-hybridized carbons (Fsp3) is 0.571. The lowest BCUT2D eigenvalue weighted by Gasteiger charge is -2.19. The molecule has 7 heteroatoms. The zero-order valence-electron chi connectivity index (χ0n) is 17.1. The number of benzene rings is 1. The molecule has 0 unspecified atom stereocenters. The van der Waals surface area contributed by atoms with Gasteiger partial charge in [0, 0.05) is 18.7 Å². The Morgan fingerprint density at radius 2 is 1.86 bits per heavy atom. The highest BCUT2D eigenvalue weighted by molar-refractivity contribution is 5.95. The number of aryl methyl sites for hydroxylation is 2. The summed E-state index contributed by atoms with van der Waals surface area (Å²) in [6, 6.07) is 5.89. The summed E-state index contributed by atoms with van der Waals surface area (Å²) in [5, 5.41) is 5.37. The molecule has 2 N–H and O–H groups in total. The van der Waals surface area contributed by atoms with Crippen LogP contribution >= 0.6 is 0 Å². The van der Waals surface area contributed by atoms with Crippen molar-refractivity contribution in [3.8, 4) is 0 Å². The fourth-order valence-electron chi connectivity index (χ4n) is 2.94. The first-order valence-electron chi connectivity index (χ1n) is 9.73. The molecule has 154 valence electrons. The van der Waals surface area contributed by atoms with Crippen molar-refractivity contribution < 1.29 is 23.9 Å². The normalized spacial score (nSPS) is 14.0. The van der Waals surface area contributed by atoms with Gasteiger partial charge < -0.3 is 20.1 Å². The summed E-state index contributed by atoms with van der Waals surface area (Å²) in [7, 11) is 0. The molecule has 0 radical (unpaired) electrons.